The summed E-state index contributed by atoms with van der Waals surface area (Å²) < 4.78 is 0. The molecule has 1 unspecified atom stereocenters. The average Bonchev–Trinajstić information content (AvgIpc) is 3.37. The minimum Gasteiger partial charge on any atom is -0.352 e. The molecule has 3 aromatic carbocycles. The summed E-state index contributed by atoms with van der Waals surface area (Å²) in [6, 6.07) is 24.1. The molecule has 0 aliphatic heterocycles. The zero-order valence-electron chi connectivity index (χ0n) is 21.8. The van der Waals surface area contributed by atoms with Crippen LogP contribution in [0.2, 0.25) is 0 Å². The highest BCUT2D eigenvalue weighted by Gasteiger charge is 2.32. The van der Waals surface area contributed by atoms with Gasteiger partial charge in [0.05, 0.1) is 6.42 Å². The number of hydrogen-bond donors (Lipinski definition) is 1. The Morgan fingerprint density at radius 1 is 0.861 bits per heavy atom. The molecule has 0 spiro atoms. The topological polar surface area (TPSA) is 49.4 Å². The molecule has 0 bridgehead atoms. The molecule has 1 atom stereocenters. The van der Waals surface area contributed by atoms with Gasteiger partial charge in [0.2, 0.25) is 11.8 Å². The van der Waals surface area contributed by atoms with Crippen molar-refractivity contribution in [2.24, 2.45) is 0 Å². The summed E-state index contributed by atoms with van der Waals surface area (Å²) in [6.45, 7) is 6.55. The lowest BCUT2D eigenvalue weighted by atomic mass is 9.99. The molecule has 1 aliphatic rings. The maximum atomic E-state index is 14.0. The number of aryl methyl sites for hydroxylation is 3. The molecule has 36 heavy (non-hydrogen) atoms. The van der Waals surface area contributed by atoms with Crippen molar-refractivity contribution in [2.45, 2.75) is 77.9 Å². The molecule has 0 heterocycles. The summed E-state index contributed by atoms with van der Waals surface area (Å²) in [4.78, 5) is 29.6. The Kier molecular flexibility index (Phi) is 8.58. The number of nitrogens with one attached hydrogen (secondary N) is 1. The van der Waals surface area contributed by atoms with Crippen LogP contribution < -0.4 is 5.32 Å². The Balaban J connectivity index is 1.68. The van der Waals surface area contributed by atoms with Crippen LogP contribution in [0.4, 0.5) is 0 Å². The van der Waals surface area contributed by atoms with Crippen molar-refractivity contribution in [3.05, 3.63) is 106 Å². The van der Waals surface area contributed by atoms with E-state index in [2.05, 4.69) is 42.6 Å². The highest BCUT2D eigenvalue weighted by atomic mass is 16.2. The van der Waals surface area contributed by atoms with Crippen LogP contribution in [0, 0.1) is 20.8 Å². The number of benzene rings is 3. The van der Waals surface area contributed by atoms with Gasteiger partial charge in [-0.05, 0) is 55.9 Å². The van der Waals surface area contributed by atoms with E-state index < -0.39 is 6.04 Å². The molecular weight excluding hydrogens is 444 g/mol. The molecule has 188 valence electrons. The minimum absolute atomic E-state index is 0.0206. The number of carbonyl (C=O) groups excluding carboxylic acids is 2. The van der Waals surface area contributed by atoms with Crippen molar-refractivity contribution in [3.63, 3.8) is 0 Å². The summed E-state index contributed by atoms with van der Waals surface area (Å²) >= 11 is 0. The Hall–Kier alpha value is -3.40. The van der Waals surface area contributed by atoms with E-state index in [1.807, 2.05) is 61.2 Å². The molecule has 2 amide bonds. The average molecular weight is 483 g/mol. The van der Waals surface area contributed by atoms with Gasteiger partial charge in [-0.2, -0.15) is 0 Å². The largest absolute Gasteiger partial charge is 0.352 e. The predicted octanol–water partition coefficient (Wildman–Crippen LogP) is 5.85. The van der Waals surface area contributed by atoms with E-state index in [0.717, 1.165) is 59.1 Å². The van der Waals surface area contributed by atoms with E-state index in [1.54, 1.807) is 0 Å². The highest BCUT2D eigenvalue weighted by Crippen LogP contribution is 2.21. The van der Waals surface area contributed by atoms with E-state index >= 15 is 0 Å². The predicted molar refractivity (Wildman–Crippen MR) is 146 cm³/mol. The van der Waals surface area contributed by atoms with E-state index in [0.29, 0.717) is 13.0 Å². The maximum Gasteiger partial charge on any atom is 0.243 e. The Bertz CT molecular complexity index is 1180. The molecule has 4 heteroatoms. The van der Waals surface area contributed by atoms with Crippen molar-refractivity contribution in [3.8, 4) is 0 Å². The van der Waals surface area contributed by atoms with E-state index in [4.69, 9.17) is 0 Å². The van der Waals surface area contributed by atoms with Crippen molar-refractivity contribution >= 4 is 11.8 Å². The third-order valence-electron chi connectivity index (χ3n) is 7.25. The van der Waals surface area contributed by atoms with Gasteiger partial charge in [0.1, 0.15) is 6.04 Å². The molecule has 0 aromatic heterocycles. The van der Waals surface area contributed by atoms with E-state index in [-0.39, 0.29) is 24.3 Å². The number of nitrogens with zero attached hydrogens (tertiary/aromatic N) is 1. The molecule has 3 aromatic rings. The van der Waals surface area contributed by atoms with Crippen molar-refractivity contribution in [1.29, 1.82) is 0 Å². The standard InChI is InChI=1S/C32H38N2O2/c1-23-10-9-13-27(18-23)22-34(31(35)21-28-19-24(2)16-17-25(28)3)30(20-26-11-5-4-6-12-26)32(36)33-29-14-7-8-15-29/h4-6,9-13,16-19,29-30H,7-8,14-15,20-22H2,1-3H3,(H,33,36). The van der Waals surface area contributed by atoms with Gasteiger partial charge in [-0.15, -0.1) is 0 Å². The fraction of sp³-hybridized carbons (Fsp3) is 0.375. The summed E-state index contributed by atoms with van der Waals surface area (Å²) in [6.07, 6.45) is 5.08. The van der Waals surface area contributed by atoms with Crippen molar-refractivity contribution in [2.75, 3.05) is 0 Å². The van der Waals surface area contributed by atoms with Gasteiger partial charge in [-0.3, -0.25) is 9.59 Å². The third kappa shape index (κ3) is 6.84. The molecule has 1 saturated carbocycles. The van der Waals surface area contributed by atoms with Crippen LogP contribution in [0.25, 0.3) is 0 Å². The van der Waals surface area contributed by atoms with Crippen LogP contribution in [0.3, 0.4) is 0 Å². The number of amides is 2. The third-order valence-corrected chi connectivity index (χ3v) is 7.25. The van der Waals surface area contributed by atoms with Crippen LogP contribution >= 0.6 is 0 Å². The second-order valence-electron chi connectivity index (χ2n) is 10.3. The highest BCUT2D eigenvalue weighted by molar-refractivity contribution is 5.89. The molecule has 1 N–H and O–H groups in total. The second-order valence-corrected chi connectivity index (χ2v) is 10.3. The van der Waals surface area contributed by atoms with Crippen LogP contribution in [0.15, 0.2) is 72.8 Å². The smallest absolute Gasteiger partial charge is 0.243 e. The minimum atomic E-state index is -0.578. The van der Waals surface area contributed by atoms with E-state index in [9.17, 15) is 9.59 Å². The van der Waals surface area contributed by atoms with Gasteiger partial charge in [-0.1, -0.05) is 96.8 Å². The normalized spacial score (nSPS) is 14.4. The fourth-order valence-corrected chi connectivity index (χ4v) is 5.18. The number of carbonyl (C=O) groups is 2. The molecule has 0 saturated heterocycles. The lowest BCUT2D eigenvalue weighted by Gasteiger charge is -2.32. The van der Waals surface area contributed by atoms with Gasteiger partial charge in [0.25, 0.3) is 0 Å². The van der Waals surface area contributed by atoms with Gasteiger partial charge in [-0.25, -0.2) is 0 Å². The van der Waals surface area contributed by atoms with Crippen LogP contribution in [0.5, 0.6) is 0 Å². The second kappa shape index (κ2) is 12.0. The zero-order valence-corrected chi connectivity index (χ0v) is 21.8. The molecule has 4 rings (SSSR count). The first-order valence-corrected chi connectivity index (χ1v) is 13.1. The Morgan fingerprint density at radius 2 is 1.56 bits per heavy atom. The molecule has 4 nitrogen and oxygen atoms in total. The summed E-state index contributed by atoms with van der Waals surface area (Å²) in [5.41, 5.74) is 6.48. The van der Waals surface area contributed by atoms with Crippen molar-refractivity contribution < 1.29 is 9.59 Å². The molecule has 1 fully saturated rings. The lowest BCUT2D eigenvalue weighted by Crippen LogP contribution is -2.52. The fourth-order valence-electron chi connectivity index (χ4n) is 5.18. The summed E-state index contributed by atoms with van der Waals surface area (Å²) in [7, 11) is 0. The van der Waals surface area contributed by atoms with E-state index in [1.165, 1.54) is 0 Å². The lowest BCUT2D eigenvalue weighted by molar-refractivity contribution is -0.141. The quantitative estimate of drug-likeness (QED) is 0.416. The first-order chi connectivity index (χ1) is 17.4. The van der Waals surface area contributed by atoms with Crippen LogP contribution in [-0.4, -0.2) is 28.8 Å². The zero-order chi connectivity index (χ0) is 25.5. The number of rotatable bonds is 9. The van der Waals surface area contributed by atoms with Crippen LogP contribution in [-0.2, 0) is 29.0 Å². The van der Waals surface area contributed by atoms with Crippen molar-refractivity contribution in [1.82, 2.24) is 10.2 Å². The summed E-state index contributed by atoms with van der Waals surface area (Å²) in [5, 5.41) is 3.28. The molecular formula is C32H38N2O2. The van der Waals surface area contributed by atoms with Gasteiger partial charge in [0, 0.05) is 19.0 Å². The first-order valence-electron chi connectivity index (χ1n) is 13.1. The monoisotopic (exact) mass is 482 g/mol. The number of hydrogen-bond acceptors (Lipinski definition) is 2. The van der Waals surface area contributed by atoms with Crippen LogP contribution in [0.1, 0.15) is 59.1 Å². The first kappa shape index (κ1) is 25.7. The SMILES string of the molecule is Cc1cccc(CN(C(=O)Cc2cc(C)ccc2C)C(Cc2ccccc2)C(=O)NC2CCCC2)c1. The van der Waals surface area contributed by atoms with Gasteiger partial charge in [0.15, 0.2) is 0 Å². The Labute approximate surface area is 215 Å². The summed E-state index contributed by atoms with van der Waals surface area (Å²) in [5.74, 6) is -0.0690. The molecule has 1 aliphatic carbocycles. The maximum absolute atomic E-state index is 14.0. The molecule has 0 radical (unpaired) electrons. The van der Waals surface area contributed by atoms with Gasteiger partial charge < -0.3 is 10.2 Å². The Morgan fingerprint density at radius 3 is 2.28 bits per heavy atom. The van der Waals surface area contributed by atoms with Gasteiger partial charge >= 0.3 is 0 Å².